The molecule has 1 aromatic rings. The second kappa shape index (κ2) is 4.58. The van der Waals surface area contributed by atoms with E-state index in [9.17, 15) is 0 Å². The fraction of sp³-hybridized carbons (Fsp3) is 0.333. The summed E-state index contributed by atoms with van der Waals surface area (Å²) in [5.74, 6) is 0.683. The average Bonchev–Trinajstić information content (AvgIpc) is 2.07. The molecule has 0 heterocycles. The van der Waals surface area contributed by atoms with Crippen molar-refractivity contribution >= 4 is 28.9 Å². The van der Waals surface area contributed by atoms with Crippen LogP contribution in [0.25, 0.3) is 0 Å². The van der Waals surface area contributed by atoms with Gasteiger partial charge in [0.25, 0.3) is 0 Å². The van der Waals surface area contributed by atoms with Crippen LogP contribution in [0.2, 0.25) is 5.02 Å². The molecule has 1 rings (SSSR count). The van der Waals surface area contributed by atoms with Gasteiger partial charge in [0.15, 0.2) is 0 Å². The van der Waals surface area contributed by atoms with Gasteiger partial charge in [0.05, 0.1) is 10.7 Å². The normalized spacial score (nSPS) is 10.2. The van der Waals surface area contributed by atoms with Crippen molar-refractivity contribution in [2.45, 2.75) is 12.8 Å². The Morgan fingerprint density at radius 3 is 2.67 bits per heavy atom. The molecule has 0 radical (unpaired) electrons. The van der Waals surface area contributed by atoms with Crippen molar-refractivity contribution in [3.63, 3.8) is 0 Å². The highest BCUT2D eigenvalue weighted by Crippen LogP contribution is 2.20. The Hall–Kier alpha value is -0.400. The minimum Gasteiger partial charge on any atom is -0.398 e. The van der Waals surface area contributed by atoms with Crippen LogP contribution in [-0.2, 0) is 6.42 Å². The quantitative estimate of drug-likeness (QED) is 0.594. The SMILES string of the molecule is Nc1cc(CCCCl)ccc1Cl. The fourth-order valence-corrected chi connectivity index (χ4v) is 1.27. The topological polar surface area (TPSA) is 26.0 Å². The van der Waals surface area contributed by atoms with Crippen LogP contribution in [-0.4, -0.2) is 5.88 Å². The summed E-state index contributed by atoms with van der Waals surface area (Å²) >= 11 is 11.3. The summed E-state index contributed by atoms with van der Waals surface area (Å²) in [6.45, 7) is 0. The summed E-state index contributed by atoms with van der Waals surface area (Å²) in [6.07, 6.45) is 1.94. The van der Waals surface area contributed by atoms with Crippen molar-refractivity contribution in [2.75, 3.05) is 11.6 Å². The molecular formula is C9H11Cl2N. The molecule has 0 bridgehead atoms. The molecule has 0 aliphatic carbocycles. The highest BCUT2D eigenvalue weighted by Gasteiger charge is 1.97. The number of hydrogen-bond acceptors (Lipinski definition) is 1. The van der Waals surface area contributed by atoms with Gasteiger partial charge >= 0.3 is 0 Å². The Morgan fingerprint density at radius 1 is 1.33 bits per heavy atom. The van der Waals surface area contributed by atoms with Crippen LogP contribution in [0, 0.1) is 0 Å². The van der Waals surface area contributed by atoms with E-state index in [1.165, 1.54) is 5.56 Å². The molecule has 0 saturated carbocycles. The highest BCUT2D eigenvalue weighted by molar-refractivity contribution is 6.33. The Bertz CT molecular complexity index is 261. The molecule has 0 saturated heterocycles. The van der Waals surface area contributed by atoms with E-state index in [1.807, 2.05) is 18.2 Å². The molecule has 1 nitrogen and oxygen atoms in total. The maximum absolute atomic E-state index is 5.76. The van der Waals surface area contributed by atoms with Gasteiger partial charge in [-0.1, -0.05) is 17.7 Å². The first-order chi connectivity index (χ1) is 5.74. The number of nitrogen functional groups attached to an aromatic ring is 1. The van der Waals surface area contributed by atoms with Gasteiger partial charge in [0, 0.05) is 5.88 Å². The minimum absolute atomic E-state index is 0.615. The van der Waals surface area contributed by atoms with Crippen LogP contribution in [0.15, 0.2) is 18.2 Å². The molecule has 0 unspecified atom stereocenters. The maximum Gasteiger partial charge on any atom is 0.0635 e. The lowest BCUT2D eigenvalue weighted by atomic mass is 10.1. The van der Waals surface area contributed by atoms with E-state index < -0.39 is 0 Å². The molecule has 66 valence electrons. The summed E-state index contributed by atoms with van der Waals surface area (Å²) in [4.78, 5) is 0. The smallest absolute Gasteiger partial charge is 0.0635 e. The molecule has 0 aromatic heterocycles. The molecule has 12 heavy (non-hydrogen) atoms. The van der Waals surface area contributed by atoms with Crippen molar-refractivity contribution in [1.82, 2.24) is 0 Å². The monoisotopic (exact) mass is 203 g/mol. The van der Waals surface area contributed by atoms with Gasteiger partial charge in [-0.05, 0) is 30.5 Å². The molecular weight excluding hydrogens is 193 g/mol. The van der Waals surface area contributed by atoms with Crippen molar-refractivity contribution < 1.29 is 0 Å². The summed E-state index contributed by atoms with van der Waals surface area (Å²) in [5, 5.41) is 0.615. The van der Waals surface area contributed by atoms with E-state index in [4.69, 9.17) is 28.9 Å². The zero-order valence-electron chi connectivity index (χ0n) is 6.69. The third kappa shape index (κ3) is 2.58. The fourth-order valence-electron chi connectivity index (χ4n) is 1.02. The van der Waals surface area contributed by atoms with E-state index in [0.29, 0.717) is 16.6 Å². The number of nitrogens with two attached hydrogens (primary N) is 1. The van der Waals surface area contributed by atoms with Gasteiger partial charge in [-0.3, -0.25) is 0 Å². The van der Waals surface area contributed by atoms with Crippen LogP contribution in [0.5, 0.6) is 0 Å². The van der Waals surface area contributed by atoms with Gasteiger partial charge in [-0.15, -0.1) is 11.6 Å². The Kier molecular flexibility index (Phi) is 3.70. The highest BCUT2D eigenvalue weighted by atomic mass is 35.5. The van der Waals surface area contributed by atoms with Crippen molar-refractivity contribution in [2.24, 2.45) is 0 Å². The van der Waals surface area contributed by atoms with Gasteiger partial charge in [-0.25, -0.2) is 0 Å². The summed E-state index contributed by atoms with van der Waals surface area (Å²) in [6, 6.07) is 5.70. The first kappa shape index (κ1) is 9.69. The van der Waals surface area contributed by atoms with E-state index in [-0.39, 0.29) is 0 Å². The zero-order valence-corrected chi connectivity index (χ0v) is 8.20. The molecule has 0 amide bonds. The Labute approximate surface area is 82.5 Å². The van der Waals surface area contributed by atoms with Crippen molar-refractivity contribution in [3.8, 4) is 0 Å². The molecule has 2 N–H and O–H groups in total. The number of alkyl halides is 1. The number of halogens is 2. The lowest BCUT2D eigenvalue weighted by molar-refractivity contribution is 0.929. The molecule has 0 fully saturated rings. The zero-order chi connectivity index (χ0) is 8.97. The second-order valence-corrected chi connectivity index (χ2v) is 3.43. The third-order valence-electron chi connectivity index (χ3n) is 1.66. The third-order valence-corrected chi connectivity index (χ3v) is 2.27. The number of hydrogen-bond donors (Lipinski definition) is 1. The van der Waals surface area contributed by atoms with Crippen LogP contribution in [0.3, 0.4) is 0 Å². The second-order valence-electron chi connectivity index (χ2n) is 2.65. The van der Waals surface area contributed by atoms with E-state index >= 15 is 0 Å². The largest absolute Gasteiger partial charge is 0.398 e. The first-order valence-corrected chi connectivity index (χ1v) is 4.75. The van der Waals surface area contributed by atoms with E-state index in [0.717, 1.165) is 12.8 Å². The van der Waals surface area contributed by atoms with Crippen LogP contribution in [0.1, 0.15) is 12.0 Å². The van der Waals surface area contributed by atoms with Crippen LogP contribution < -0.4 is 5.73 Å². The average molecular weight is 204 g/mol. The van der Waals surface area contributed by atoms with Crippen LogP contribution in [0.4, 0.5) is 5.69 Å². The lowest BCUT2D eigenvalue weighted by Crippen LogP contribution is -1.91. The predicted octanol–water partition coefficient (Wildman–Crippen LogP) is 3.09. The number of anilines is 1. The number of rotatable bonds is 3. The van der Waals surface area contributed by atoms with E-state index in [2.05, 4.69) is 0 Å². The number of benzene rings is 1. The molecule has 3 heteroatoms. The van der Waals surface area contributed by atoms with Gasteiger partial charge in [0.2, 0.25) is 0 Å². The lowest BCUT2D eigenvalue weighted by Gasteiger charge is -2.02. The number of aryl methyl sites for hydroxylation is 1. The summed E-state index contributed by atoms with van der Waals surface area (Å²) in [7, 11) is 0. The van der Waals surface area contributed by atoms with Gasteiger partial charge in [0.1, 0.15) is 0 Å². The maximum atomic E-state index is 5.76. The van der Waals surface area contributed by atoms with E-state index in [1.54, 1.807) is 0 Å². The Morgan fingerprint density at radius 2 is 2.08 bits per heavy atom. The van der Waals surface area contributed by atoms with Gasteiger partial charge in [-0.2, -0.15) is 0 Å². The van der Waals surface area contributed by atoms with Crippen LogP contribution >= 0.6 is 23.2 Å². The minimum atomic E-state index is 0.615. The molecule has 0 atom stereocenters. The predicted molar refractivity (Wildman–Crippen MR) is 54.9 cm³/mol. The van der Waals surface area contributed by atoms with Crippen molar-refractivity contribution in [1.29, 1.82) is 0 Å². The Balaban J connectivity index is 2.69. The molecule has 1 aromatic carbocycles. The molecule has 0 aliphatic rings. The summed E-state index contributed by atoms with van der Waals surface area (Å²) < 4.78 is 0. The van der Waals surface area contributed by atoms with Crippen molar-refractivity contribution in [3.05, 3.63) is 28.8 Å². The molecule has 0 spiro atoms. The van der Waals surface area contributed by atoms with Gasteiger partial charge < -0.3 is 5.73 Å². The first-order valence-electron chi connectivity index (χ1n) is 3.84. The molecule has 0 aliphatic heterocycles. The standard InChI is InChI=1S/C9H11Cl2N/c10-5-1-2-7-3-4-8(11)9(12)6-7/h3-4,6H,1-2,5,12H2. The summed E-state index contributed by atoms with van der Waals surface area (Å²) in [5.41, 5.74) is 7.46.